The molecule has 0 radical (unpaired) electrons. The Morgan fingerprint density at radius 3 is 3.05 bits per heavy atom. The van der Waals surface area contributed by atoms with Crippen LogP contribution in [-0.2, 0) is 4.79 Å². The average molecular weight is 283 g/mol. The van der Waals surface area contributed by atoms with Gasteiger partial charge in [-0.15, -0.1) is 0 Å². The number of nitrogens with zero attached hydrogens (tertiary/aromatic N) is 1. The highest BCUT2D eigenvalue weighted by Gasteiger charge is 2.25. The molecule has 1 heterocycles. The summed E-state index contributed by atoms with van der Waals surface area (Å²) in [5.41, 5.74) is 0.698. The Bertz CT molecular complexity index is 453. The molecule has 2 rings (SSSR count). The predicted molar refractivity (Wildman–Crippen MR) is 76.3 cm³/mol. The Hall–Kier alpha value is -1.10. The van der Waals surface area contributed by atoms with E-state index in [2.05, 4.69) is 5.32 Å². The van der Waals surface area contributed by atoms with Gasteiger partial charge in [-0.3, -0.25) is 9.69 Å². The van der Waals surface area contributed by atoms with Crippen LogP contribution in [0.2, 0.25) is 5.02 Å². The van der Waals surface area contributed by atoms with Gasteiger partial charge in [-0.05, 0) is 37.1 Å². The molecule has 19 heavy (non-hydrogen) atoms. The zero-order valence-corrected chi connectivity index (χ0v) is 11.7. The second-order valence-electron chi connectivity index (χ2n) is 5.13. The molecule has 5 heteroatoms. The van der Waals surface area contributed by atoms with Gasteiger partial charge in [0.05, 0.1) is 12.6 Å². The van der Waals surface area contributed by atoms with E-state index >= 15 is 0 Å². The fraction of sp³-hybridized carbons (Fsp3) is 0.500. The molecule has 0 bridgehead atoms. The third-order valence-corrected chi connectivity index (χ3v) is 3.71. The summed E-state index contributed by atoms with van der Waals surface area (Å²) in [6, 6.07) is 7.08. The second kappa shape index (κ2) is 6.37. The first-order valence-electron chi connectivity index (χ1n) is 6.50. The molecule has 2 atom stereocenters. The van der Waals surface area contributed by atoms with Gasteiger partial charge in [-0.25, -0.2) is 0 Å². The van der Waals surface area contributed by atoms with E-state index in [1.807, 2.05) is 11.8 Å². The lowest BCUT2D eigenvalue weighted by atomic mass is 9.96. The number of anilines is 1. The third kappa shape index (κ3) is 4.20. The standard InChI is InChI=1S/C14H19ClN2O2/c1-10-5-6-17(8-13(10)18)9-14(19)16-12-4-2-3-11(15)7-12/h2-4,7,10,13,18H,5-6,8-9H2,1H3,(H,16,19). The van der Waals surface area contributed by atoms with Crippen LogP contribution in [0.4, 0.5) is 5.69 Å². The molecule has 1 amide bonds. The van der Waals surface area contributed by atoms with Gasteiger partial charge in [0.25, 0.3) is 0 Å². The zero-order valence-electron chi connectivity index (χ0n) is 11.0. The molecule has 0 aliphatic carbocycles. The first-order valence-corrected chi connectivity index (χ1v) is 6.88. The number of hydrogen-bond acceptors (Lipinski definition) is 3. The van der Waals surface area contributed by atoms with Crippen LogP contribution in [-0.4, -0.2) is 41.7 Å². The molecule has 104 valence electrons. The second-order valence-corrected chi connectivity index (χ2v) is 5.56. The summed E-state index contributed by atoms with van der Waals surface area (Å²) >= 11 is 5.86. The maximum atomic E-state index is 11.9. The summed E-state index contributed by atoms with van der Waals surface area (Å²) in [4.78, 5) is 13.9. The van der Waals surface area contributed by atoms with Crippen LogP contribution < -0.4 is 5.32 Å². The normalized spacial score (nSPS) is 24.2. The molecule has 1 aliphatic heterocycles. The first kappa shape index (κ1) is 14.3. The van der Waals surface area contributed by atoms with Crippen LogP contribution in [0.1, 0.15) is 13.3 Å². The van der Waals surface area contributed by atoms with Crippen molar-refractivity contribution in [2.24, 2.45) is 5.92 Å². The minimum absolute atomic E-state index is 0.0796. The molecule has 0 spiro atoms. The van der Waals surface area contributed by atoms with Gasteiger partial charge in [0.2, 0.25) is 5.91 Å². The Morgan fingerprint density at radius 2 is 2.37 bits per heavy atom. The van der Waals surface area contributed by atoms with Crippen molar-refractivity contribution in [2.75, 3.05) is 25.0 Å². The van der Waals surface area contributed by atoms with E-state index in [0.29, 0.717) is 29.7 Å². The molecule has 0 aromatic heterocycles. The number of carbonyl (C=O) groups excluding carboxylic acids is 1. The number of rotatable bonds is 3. The number of likely N-dealkylation sites (tertiary alicyclic amines) is 1. The molecule has 0 saturated carbocycles. The first-order chi connectivity index (χ1) is 9.04. The smallest absolute Gasteiger partial charge is 0.238 e. The predicted octanol–water partition coefficient (Wildman–Crippen LogP) is 1.98. The van der Waals surface area contributed by atoms with Crippen molar-refractivity contribution in [1.82, 2.24) is 4.90 Å². The van der Waals surface area contributed by atoms with Gasteiger partial charge in [-0.1, -0.05) is 24.6 Å². The van der Waals surface area contributed by atoms with Crippen LogP contribution in [0.25, 0.3) is 0 Å². The number of nitrogens with one attached hydrogen (secondary N) is 1. The minimum Gasteiger partial charge on any atom is -0.392 e. The highest BCUT2D eigenvalue weighted by Crippen LogP contribution is 2.17. The molecule has 2 unspecified atom stereocenters. The Balaban J connectivity index is 1.85. The highest BCUT2D eigenvalue weighted by molar-refractivity contribution is 6.30. The van der Waals surface area contributed by atoms with Crippen LogP contribution in [0, 0.1) is 5.92 Å². The van der Waals surface area contributed by atoms with Crippen molar-refractivity contribution < 1.29 is 9.90 Å². The average Bonchev–Trinajstić information content (AvgIpc) is 2.34. The molecular weight excluding hydrogens is 264 g/mol. The van der Waals surface area contributed by atoms with Gasteiger partial charge in [-0.2, -0.15) is 0 Å². The molecular formula is C14H19ClN2O2. The summed E-state index contributed by atoms with van der Waals surface area (Å²) in [5.74, 6) is 0.233. The summed E-state index contributed by atoms with van der Waals surface area (Å²) in [6.45, 7) is 3.75. The lowest BCUT2D eigenvalue weighted by molar-refractivity contribution is -0.118. The van der Waals surface area contributed by atoms with Gasteiger partial charge in [0.15, 0.2) is 0 Å². The van der Waals surface area contributed by atoms with Crippen LogP contribution >= 0.6 is 11.6 Å². The Kier molecular flexibility index (Phi) is 4.80. The maximum absolute atomic E-state index is 11.9. The van der Waals surface area contributed by atoms with E-state index in [-0.39, 0.29) is 12.0 Å². The quantitative estimate of drug-likeness (QED) is 0.891. The SMILES string of the molecule is CC1CCN(CC(=O)Nc2cccc(Cl)c2)CC1O. The van der Waals surface area contributed by atoms with Crippen molar-refractivity contribution in [3.8, 4) is 0 Å². The number of aliphatic hydroxyl groups is 1. The Morgan fingerprint density at radius 1 is 1.58 bits per heavy atom. The lowest BCUT2D eigenvalue weighted by Crippen LogP contribution is -2.45. The monoisotopic (exact) mass is 282 g/mol. The minimum atomic E-state index is -0.340. The fourth-order valence-electron chi connectivity index (χ4n) is 2.23. The van der Waals surface area contributed by atoms with E-state index in [1.165, 1.54) is 0 Å². The van der Waals surface area contributed by atoms with E-state index in [1.54, 1.807) is 24.3 Å². The van der Waals surface area contributed by atoms with Gasteiger partial charge in [0, 0.05) is 17.3 Å². The number of carbonyl (C=O) groups is 1. The van der Waals surface area contributed by atoms with Crippen molar-refractivity contribution >= 4 is 23.2 Å². The number of amides is 1. The summed E-state index contributed by atoms with van der Waals surface area (Å²) in [5, 5.41) is 13.2. The van der Waals surface area contributed by atoms with Gasteiger partial charge < -0.3 is 10.4 Å². The number of halogens is 1. The number of piperidine rings is 1. The van der Waals surface area contributed by atoms with Crippen molar-refractivity contribution in [1.29, 1.82) is 0 Å². The summed E-state index contributed by atoms with van der Waals surface area (Å²) in [7, 11) is 0. The van der Waals surface area contributed by atoms with Crippen molar-refractivity contribution in [3.05, 3.63) is 29.3 Å². The largest absolute Gasteiger partial charge is 0.392 e. The third-order valence-electron chi connectivity index (χ3n) is 3.48. The molecule has 1 aromatic carbocycles. The lowest BCUT2D eigenvalue weighted by Gasteiger charge is -2.33. The molecule has 4 nitrogen and oxygen atoms in total. The van der Waals surface area contributed by atoms with Gasteiger partial charge in [0.1, 0.15) is 0 Å². The van der Waals surface area contributed by atoms with Crippen LogP contribution in [0.5, 0.6) is 0 Å². The van der Waals surface area contributed by atoms with Crippen LogP contribution in [0.15, 0.2) is 24.3 Å². The maximum Gasteiger partial charge on any atom is 0.238 e. The summed E-state index contributed by atoms with van der Waals surface area (Å²) in [6.07, 6.45) is 0.582. The van der Waals surface area contributed by atoms with E-state index < -0.39 is 0 Å². The van der Waals surface area contributed by atoms with E-state index in [4.69, 9.17) is 11.6 Å². The topological polar surface area (TPSA) is 52.6 Å². The number of β-amino-alcohol motifs (C(OH)–C–C–N with tert-alkyl or cyclic N) is 1. The number of benzene rings is 1. The van der Waals surface area contributed by atoms with Crippen molar-refractivity contribution in [2.45, 2.75) is 19.4 Å². The summed E-state index contributed by atoms with van der Waals surface area (Å²) < 4.78 is 0. The number of hydrogen-bond donors (Lipinski definition) is 2. The number of aliphatic hydroxyl groups excluding tert-OH is 1. The van der Waals surface area contributed by atoms with Crippen LogP contribution in [0.3, 0.4) is 0 Å². The van der Waals surface area contributed by atoms with Gasteiger partial charge >= 0.3 is 0 Å². The fourth-order valence-corrected chi connectivity index (χ4v) is 2.42. The van der Waals surface area contributed by atoms with Crippen molar-refractivity contribution in [3.63, 3.8) is 0 Å². The molecule has 2 N–H and O–H groups in total. The molecule has 1 saturated heterocycles. The Labute approximate surface area is 118 Å². The highest BCUT2D eigenvalue weighted by atomic mass is 35.5. The van der Waals surface area contributed by atoms with E-state index in [9.17, 15) is 9.90 Å². The molecule has 1 fully saturated rings. The zero-order chi connectivity index (χ0) is 13.8. The molecule has 1 aliphatic rings. The van der Waals surface area contributed by atoms with E-state index in [0.717, 1.165) is 13.0 Å². The molecule has 1 aromatic rings.